The molecule has 2 aromatic rings. The van der Waals surface area contributed by atoms with Crippen LogP contribution in [0.15, 0.2) is 54.6 Å². The van der Waals surface area contributed by atoms with Crippen LogP contribution in [0.1, 0.15) is 11.1 Å². The van der Waals surface area contributed by atoms with Crippen molar-refractivity contribution in [3.05, 3.63) is 65.7 Å². The number of hydrogen-bond acceptors (Lipinski definition) is 3. The smallest absolute Gasteiger partial charge is 0.115 e. The number of aliphatic hydroxyl groups is 1. The van der Waals surface area contributed by atoms with Crippen LogP contribution < -0.4 is 0 Å². The predicted octanol–water partition coefficient (Wildman–Crippen LogP) is 2.39. The summed E-state index contributed by atoms with van der Waals surface area (Å²) in [5, 5.41) is 18.6. The zero-order valence-electron chi connectivity index (χ0n) is 10.9. The molecule has 100 valence electrons. The highest BCUT2D eigenvalue weighted by Crippen LogP contribution is 2.14. The second-order valence-electron chi connectivity index (χ2n) is 4.59. The van der Waals surface area contributed by atoms with Gasteiger partial charge >= 0.3 is 0 Å². The molecule has 19 heavy (non-hydrogen) atoms. The second kappa shape index (κ2) is 6.92. The van der Waals surface area contributed by atoms with Crippen molar-refractivity contribution in [2.45, 2.75) is 13.1 Å². The van der Waals surface area contributed by atoms with E-state index in [4.69, 9.17) is 5.11 Å². The van der Waals surface area contributed by atoms with E-state index in [1.54, 1.807) is 12.1 Å². The van der Waals surface area contributed by atoms with E-state index in [1.165, 1.54) is 5.56 Å². The Morgan fingerprint density at radius 1 is 0.842 bits per heavy atom. The van der Waals surface area contributed by atoms with Gasteiger partial charge in [0.25, 0.3) is 0 Å². The van der Waals surface area contributed by atoms with Gasteiger partial charge in [0, 0.05) is 19.6 Å². The first kappa shape index (κ1) is 13.6. The SMILES string of the molecule is OCCN(Cc1ccccc1)Cc1cccc(O)c1. The Balaban J connectivity index is 2.04. The summed E-state index contributed by atoms with van der Waals surface area (Å²) in [6.07, 6.45) is 0. The van der Waals surface area contributed by atoms with Crippen molar-refractivity contribution in [1.82, 2.24) is 4.90 Å². The maximum Gasteiger partial charge on any atom is 0.115 e. The van der Waals surface area contributed by atoms with Gasteiger partial charge in [-0.3, -0.25) is 4.90 Å². The van der Waals surface area contributed by atoms with Gasteiger partial charge < -0.3 is 10.2 Å². The molecule has 0 heterocycles. The number of rotatable bonds is 6. The van der Waals surface area contributed by atoms with Crippen molar-refractivity contribution in [2.24, 2.45) is 0 Å². The van der Waals surface area contributed by atoms with Gasteiger partial charge in [-0.15, -0.1) is 0 Å². The highest BCUT2D eigenvalue weighted by atomic mass is 16.3. The minimum Gasteiger partial charge on any atom is -0.508 e. The average molecular weight is 257 g/mol. The summed E-state index contributed by atoms with van der Waals surface area (Å²) in [6, 6.07) is 17.4. The predicted molar refractivity (Wildman–Crippen MR) is 75.7 cm³/mol. The van der Waals surface area contributed by atoms with Crippen molar-refractivity contribution in [3.8, 4) is 5.75 Å². The van der Waals surface area contributed by atoms with Crippen molar-refractivity contribution in [1.29, 1.82) is 0 Å². The lowest BCUT2D eigenvalue weighted by molar-refractivity contribution is 0.184. The van der Waals surface area contributed by atoms with Gasteiger partial charge in [0.05, 0.1) is 6.61 Å². The van der Waals surface area contributed by atoms with Gasteiger partial charge in [-0.1, -0.05) is 42.5 Å². The lowest BCUT2D eigenvalue weighted by Crippen LogP contribution is -2.26. The second-order valence-corrected chi connectivity index (χ2v) is 4.59. The molecule has 0 amide bonds. The maximum atomic E-state index is 9.48. The van der Waals surface area contributed by atoms with Crippen molar-refractivity contribution in [2.75, 3.05) is 13.2 Å². The summed E-state index contributed by atoms with van der Waals surface area (Å²) < 4.78 is 0. The average Bonchev–Trinajstić information content (AvgIpc) is 2.40. The number of aromatic hydroxyl groups is 1. The molecule has 0 spiro atoms. The standard InChI is InChI=1S/C16H19NO2/c18-10-9-17(12-14-5-2-1-3-6-14)13-15-7-4-8-16(19)11-15/h1-8,11,18-19H,9-10,12-13H2. The van der Waals surface area contributed by atoms with Crippen molar-refractivity contribution < 1.29 is 10.2 Å². The number of phenolic OH excluding ortho intramolecular Hbond substituents is 1. The van der Waals surface area contributed by atoms with E-state index < -0.39 is 0 Å². The fourth-order valence-corrected chi connectivity index (χ4v) is 2.11. The molecule has 0 saturated heterocycles. The molecule has 0 aliphatic rings. The Morgan fingerprint density at radius 3 is 2.21 bits per heavy atom. The minimum absolute atomic E-state index is 0.131. The molecule has 0 unspecified atom stereocenters. The third-order valence-corrected chi connectivity index (χ3v) is 2.98. The Labute approximate surface area is 113 Å². The summed E-state index contributed by atoms with van der Waals surface area (Å²) in [5.74, 6) is 0.279. The topological polar surface area (TPSA) is 43.7 Å². The summed E-state index contributed by atoms with van der Waals surface area (Å²) in [5.41, 5.74) is 2.26. The van der Waals surface area contributed by atoms with Crippen LogP contribution in [0.5, 0.6) is 5.75 Å². The largest absolute Gasteiger partial charge is 0.508 e. The molecule has 0 aliphatic heterocycles. The Morgan fingerprint density at radius 2 is 1.53 bits per heavy atom. The minimum atomic E-state index is 0.131. The van der Waals surface area contributed by atoms with Gasteiger partial charge in [0.2, 0.25) is 0 Å². The van der Waals surface area contributed by atoms with Crippen molar-refractivity contribution in [3.63, 3.8) is 0 Å². The van der Waals surface area contributed by atoms with Crippen LogP contribution in [0, 0.1) is 0 Å². The van der Waals surface area contributed by atoms with E-state index in [0.717, 1.165) is 12.1 Å². The summed E-state index contributed by atoms with van der Waals surface area (Å²) in [6.45, 7) is 2.25. The zero-order valence-corrected chi connectivity index (χ0v) is 10.9. The maximum absolute atomic E-state index is 9.48. The van der Waals surface area contributed by atoms with Gasteiger partial charge in [-0.2, -0.15) is 0 Å². The fourth-order valence-electron chi connectivity index (χ4n) is 2.11. The Bertz CT molecular complexity index is 499. The fraction of sp³-hybridized carbons (Fsp3) is 0.250. The molecule has 0 radical (unpaired) electrons. The third-order valence-electron chi connectivity index (χ3n) is 2.98. The van der Waals surface area contributed by atoms with E-state index >= 15 is 0 Å². The molecule has 2 aromatic carbocycles. The quantitative estimate of drug-likeness (QED) is 0.835. The van der Waals surface area contributed by atoms with Crippen LogP contribution in [0.4, 0.5) is 0 Å². The summed E-state index contributed by atoms with van der Waals surface area (Å²) in [4.78, 5) is 2.16. The van der Waals surface area contributed by atoms with E-state index in [2.05, 4.69) is 17.0 Å². The molecule has 3 heteroatoms. The normalized spacial score (nSPS) is 10.8. The molecule has 2 N–H and O–H groups in total. The van der Waals surface area contributed by atoms with E-state index in [9.17, 15) is 5.11 Å². The monoisotopic (exact) mass is 257 g/mol. The number of nitrogens with zero attached hydrogens (tertiary/aromatic N) is 1. The number of benzene rings is 2. The van der Waals surface area contributed by atoms with E-state index in [1.807, 2.05) is 30.3 Å². The van der Waals surface area contributed by atoms with Gasteiger partial charge in [-0.05, 0) is 23.3 Å². The first-order valence-corrected chi connectivity index (χ1v) is 6.43. The molecule has 0 saturated carbocycles. The molecule has 0 bridgehead atoms. The van der Waals surface area contributed by atoms with Crippen LogP contribution in [0.3, 0.4) is 0 Å². The summed E-state index contributed by atoms with van der Waals surface area (Å²) >= 11 is 0. The first-order valence-electron chi connectivity index (χ1n) is 6.43. The molecule has 0 aliphatic carbocycles. The molecule has 0 aromatic heterocycles. The molecule has 2 rings (SSSR count). The molecular weight excluding hydrogens is 238 g/mol. The first-order chi connectivity index (χ1) is 9.28. The third kappa shape index (κ3) is 4.39. The van der Waals surface area contributed by atoms with Crippen molar-refractivity contribution >= 4 is 0 Å². The zero-order chi connectivity index (χ0) is 13.5. The van der Waals surface area contributed by atoms with Gasteiger partial charge in [0.15, 0.2) is 0 Å². The Hall–Kier alpha value is -1.84. The lowest BCUT2D eigenvalue weighted by Gasteiger charge is -2.21. The number of hydrogen-bond donors (Lipinski definition) is 2. The van der Waals surface area contributed by atoms with Crippen LogP contribution in [0.25, 0.3) is 0 Å². The lowest BCUT2D eigenvalue weighted by atomic mass is 10.1. The van der Waals surface area contributed by atoms with Gasteiger partial charge in [-0.25, -0.2) is 0 Å². The van der Waals surface area contributed by atoms with E-state index in [-0.39, 0.29) is 12.4 Å². The number of aliphatic hydroxyl groups excluding tert-OH is 1. The van der Waals surface area contributed by atoms with Crippen LogP contribution >= 0.6 is 0 Å². The highest BCUT2D eigenvalue weighted by molar-refractivity contribution is 5.27. The Kier molecular flexibility index (Phi) is 4.95. The summed E-state index contributed by atoms with van der Waals surface area (Å²) in [7, 11) is 0. The highest BCUT2D eigenvalue weighted by Gasteiger charge is 2.06. The molecule has 0 fully saturated rings. The van der Waals surface area contributed by atoms with Crippen LogP contribution in [-0.4, -0.2) is 28.3 Å². The van der Waals surface area contributed by atoms with Gasteiger partial charge in [0.1, 0.15) is 5.75 Å². The van der Waals surface area contributed by atoms with Crippen LogP contribution in [-0.2, 0) is 13.1 Å². The number of phenols is 1. The van der Waals surface area contributed by atoms with E-state index in [0.29, 0.717) is 13.1 Å². The molecule has 3 nitrogen and oxygen atoms in total. The molecule has 0 atom stereocenters. The molecular formula is C16H19NO2. The van der Waals surface area contributed by atoms with Crippen LogP contribution in [0.2, 0.25) is 0 Å².